The molecular formula is C47H82O5. The number of aliphatic hydroxyl groups excluding tert-OH is 1. The molecule has 5 heteroatoms. The van der Waals surface area contributed by atoms with Crippen molar-refractivity contribution in [1.82, 2.24) is 0 Å². The van der Waals surface area contributed by atoms with Crippen LogP contribution in [-0.4, -0.2) is 36.4 Å². The van der Waals surface area contributed by atoms with E-state index in [0.717, 1.165) is 44.9 Å². The van der Waals surface area contributed by atoms with E-state index in [9.17, 15) is 14.7 Å². The Morgan fingerprint density at radius 3 is 1.23 bits per heavy atom. The van der Waals surface area contributed by atoms with Crippen molar-refractivity contribution in [2.75, 3.05) is 13.2 Å². The Balaban J connectivity index is 3.64. The molecular weight excluding hydrogens is 645 g/mol. The van der Waals surface area contributed by atoms with E-state index in [-0.39, 0.29) is 31.6 Å². The van der Waals surface area contributed by atoms with Crippen LogP contribution in [0.15, 0.2) is 60.8 Å². The summed E-state index contributed by atoms with van der Waals surface area (Å²) in [6, 6.07) is 0. The number of unbranched alkanes of at least 4 members (excludes halogenated alkanes) is 21. The Morgan fingerprint density at radius 2 is 0.808 bits per heavy atom. The quantitative estimate of drug-likeness (QED) is 0.0388. The molecule has 0 rings (SSSR count). The molecule has 0 saturated heterocycles. The first-order chi connectivity index (χ1) is 25.6. The van der Waals surface area contributed by atoms with Crippen molar-refractivity contribution in [2.45, 2.75) is 213 Å². The van der Waals surface area contributed by atoms with E-state index in [0.29, 0.717) is 12.8 Å². The number of allylic oxidation sites excluding steroid dienone is 10. The molecule has 0 heterocycles. The molecule has 0 aliphatic heterocycles. The number of aliphatic hydroxyl groups is 1. The standard InChI is InChI=1S/C47H82O5/c1-3-5-7-9-11-13-15-17-19-21-23-25-27-29-31-33-35-37-39-41-46(49)51-44-45(43-48)52-47(50)42-40-38-36-34-32-30-28-26-24-22-20-18-16-14-12-10-8-6-4-2/h11,13,17,19,23,25,29,31,35,37,45,48H,3-10,12,14-16,18,20-22,24,26-28,30,32-34,36,38-44H2,1-2H3. The summed E-state index contributed by atoms with van der Waals surface area (Å²) in [6.45, 7) is 4.06. The van der Waals surface area contributed by atoms with Crippen molar-refractivity contribution in [3.05, 3.63) is 60.8 Å². The largest absolute Gasteiger partial charge is 0.462 e. The van der Waals surface area contributed by atoms with E-state index in [2.05, 4.69) is 62.5 Å². The molecule has 0 aromatic carbocycles. The predicted octanol–water partition coefficient (Wildman–Crippen LogP) is 14.0. The minimum atomic E-state index is -0.801. The zero-order chi connectivity index (χ0) is 37.8. The second kappa shape index (κ2) is 43.0. The molecule has 300 valence electrons. The second-order valence-electron chi connectivity index (χ2n) is 14.4. The fraction of sp³-hybridized carbons (Fsp3) is 0.745. The Bertz CT molecular complexity index is 915. The van der Waals surface area contributed by atoms with Crippen LogP contribution in [0.4, 0.5) is 0 Å². The maximum Gasteiger partial charge on any atom is 0.306 e. The van der Waals surface area contributed by atoms with Crippen LogP contribution in [0.3, 0.4) is 0 Å². The molecule has 52 heavy (non-hydrogen) atoms. The van der Waals surface area contributed by atoms with Crippen molar-refractivity contribution in [2.24, 2.45) is 0 Å². The molecule has 0 bridgehead atoms. The van der Waals surface area contributed by atoms with Gasteiger partial charge in [-0.2, -0.15) is 0 Å². The van der Waals surface area contributed by atoms with Gasteiger partial charge in [-0.3, -0.25) is 9.59 Å². The highest BCUT2D eigenvalue weighted by Gasteiger charge is 2.15. The van der Waals surface area contributed by atoms with Crippen LogP contribution < -0.4 is 0 Å². The fourth-order valence-corrected chi connectivity index (χ4v) is 6.01. The summed E-state index contributed by atoms with van der Waals surface area (Å²) in [6.07, 6.45) is 55.9. The molecule has 0 radical (unpaired) electrons. The summed E-state index contributed by atoms with van der Waals surface area (Å²) in [5.41, 5.74) is 0. The van der Waals surface area contributed by atoms with Crippen LogP contribution >= 0.6 is 0 Å². The molecule has 0 aliphatic rings. The molecule has 0 aliphatic carbocycles. The van der Waals surface area contributed by atoms with E-state index in [4.69, 9.17) is 9.47 Å². The van der Waals surface area contributed by atoms with Gasteiger partial charge in [0.1, 0.15) is 6.61 Å². The number of carbonyl (C=O) groups excluding carboxylic acids is 2. The lowest BCUT2D eigenvalue weighted by Gasteiger charge is -2.15. The molecule has 1 N–H and O–H groups in total. The molecule has 0 aromatic heterocycles. The molecule has 5 nitrogen and oxygen atoms in total. The van der Waals surface area contributed by atoms with Gasteiger partial charge in [-0.15, -0.1) is 0 Å². The predicted molar refractivity (Wildman–Crippen MR) is 223 cm³/mol. The summed E-state index contributed by atoms with van der Waals surface area (Å²) in [4.78, 5) is 24.3. The molecule has 0 amide bonds. The third-order valence-electron chi connectivity index (χ3n) is 9.33. The summed E-state index contributed by atoms with van der Waals surface area (Å²) >= 11 is 0. The summed E-state index contributed by atoms with van der Waals surface area (Å²) in [5.74, 6) is -0.683. The van der Waals surface area contributed by atoms with Crippen molar-refractivity contribution < 1.29 is 24.2 Å². The average Bonchev–Trinajstić information content (AvgIpc) is 3.15. The maximum atomic E-state index is 12.2. The number of rotatable bonds is 39. The van der Waals surface area contributed by atoms with Crippen molar-refractivity contribution >= 4 is 11.9 Å². The zero-order valence-corrected chi connectivity index (χ0v) is 34.1. The Labute approximate surface area is 321 Å². The zero-order valence-electron chi connectivity index (χ0n) is 34.1. The number of esters is 2. The van der Waals surface area contributed by atoms with Gasteiger partial charge >= 0.3 is 11.9 Å². The van der Waals surface area contributed by atoms with Gasteiger partial charge in [0.2, 0.25) is 0 Å². The Hall–Kier alpha value is -2.40. The van der Waals surface area contributed by atoms with Crippen molar-refractivity contribution in [1.29, 1.82) is 0 Å². The topological polar surface area (TPSA) is 72.8 Å². The van der Waals surface area contributed by atoms with Crippen molar-refractivity contribution in [3.8, 4) is 0 Å². The van der Waals surface area contributed by atoms with E-state index < -0.39 is 6.10 Å². The first-order valence-corrected chi connectivity index (χ1v) is 21.8. The van der Waals surface area contributed by atoms with E-state index in [1.165, 1.54) is 128 Å². The first kappa shape index (κ1) is 49.6. The molecule has 0 aromatic rings. The third kappa shape index (κ3) is 40.4. The van der Waals surface area contributed by atoms with E-state index in [1.807, 2.05) is 12.2 Å². The average molecular weight is 727 g/mol. The molecule has 1 atom stereocenters. The van der Waals surface area contributed by atoms with Crippen LogP contribution in [0.5, 0.6) is 0 Å². The molecule has 1 unspecified atom stereocenters. The molecule has 0 spiro atoms. The third-order valence-corrected chi connectivity index (χ3v) is 9.33. The van der Waals surface area contributed by atoms with Crippen LogP contribution in [-0.2, 0) is 19.1 Å². The van der Waals surface area contributed by atoms with Crippen LogP contribution in [0.2, 0.25) is 0 Å². The molecule has 0 saturated carbocycles. The van der Waals surface area contributed by atoms with Crippen LogP contribution in [0, 0.1) is 0 Å². The summed E-state index contributed by atoms with van der Waals surface area (Å²) in [7, 11) is 0. The minimum Gasteiger partial charge on any atom is -0.462 e. The van der Waals surface area contributed by atoms with E-state index in [1.54, 1.807) is 0 Å². The van der Waals surface area contributed by atoms with Crippen molar-refractivity contribution in [3.63, 3.8) is 0 Å². The lowest BCUT2D eigenvalue weighted by atomic mass is 10.0. The van der Waals surface area contributed by atoms with Gasteiger partial charge in [-0.05, 0) is 51.4 Å². The lowest BCUT2D eigenvalue weighted by Crippen LogP contribution is -2.28. The summed E-state index contributed by atoms with van der Waals surface area (Å²) in [5, 5.41) is 9.57. The van der Waals surface area contributed by atoms with Gasteiger partial charge in [0, 0.05) is 12.8 Å². The monoisotopic (exact) mass is 727 g/mol. The molecule has 0 fully saturated rings. The Kier molecular flexibility index (Phi) is 41.0. The number of ether oxygens (including phenoxy) is 2. The lowest BCUT2D eigenvalue weighted by molar-refractivity contribution is -0.161. The van der Waals surface area contributed by atoms with Gasteiger partial charge in [-0.1, -0.05) is 203 Å². The first-order valence-electron chi connectivity index (χ1n) is 21.8. The maximum absolute atomic E-state index is 12.2. The minimum absolute atomic E-state index is 0.105. The Morgan fingerprint density at radius 1 is 0.442 bits per heavy atom. The van der Waals surface area contributed by atoms with Gasteiger partial charge in [0.25, 0.3) is 0 Å². The number of hydrogen-bond donors (Lipinski definition) is 1. The highest BCUT2D eigenvalue weighted by molar-refractivity contribution is 5.70. The SMILES string of the molecule is CCCCCC=CCC=CCC=CCC=CCC=CCCC(=O)OCC(CO)OC(=O)CCCCCCCCCCCCCCCCCCCCC. The number of hydrogen-bond acceptors (Lipinski definition) is 5. The van der Waals surface area contributed by atoms with Crippen LogP contribution in [0.1, 0.15) is 206 Å². The highest BCUT2D eigenvalue weighted by atomic mass is 16.6. The van der Waals surface area contributed by atoms with E-state index >= 15 is 0 Å². The second-order valence-corrected chi connectivity index (χ2v) is 14.4. The van der Waals surface area contributed by atoms with Gasteiger partial charge in [-0.25, -0.2) is 0 Å². The van der Waals surface area contributed by atoms with Gasteiger partial charge in [0.05, 0.1) is 6.61 Å². The van der Waals surface area contributed by atoms with Gasteiger partial charge in [0.15, 0.2) is 6.10 Å². The normalized spacial score (nSPS) is 12.8. The van der Waals surface area contributed by atoms with Crippen LogP contribution in [0.25, 0.3) is 0 Å². The number of carbonyl (C=O) groups is 2. The highest BCUT2D eigenvalue weighted by Crippen LogP contribution is 2.15. The fourth-order valence-electron chi connectivity index (χ4n) is 6.01. The smallest absolute Gasteiger partial charge is 0.306 e. The summed E-state index contributed by atoms with van der Waals surface area (Å²) < 4.78 is 10.6. The van der Waals surface area contributed by atoms with Gasteiger partial charge < -0.3 is 14.6 Å².